The van der Waals surface area contributed by atoms with E-state index in [1.807, 2.05) is 0 Å². The maximum atomic E-state index is 13.6. The third kappa shape index (κ3) is 2.72. The molecule has 0 saturated carbocycles. The zero-order valence-electron chi connectivity index (χ0n) is 11.8. The molecule has 0 spiro atoms. The van der Waals surface area contributed by atoms with Gasteiger partial charge in [0, 0.05) is 6.54 Å². The maximum absolute atomic E-state index is 13.6. The van der Waals surface area contributed by atoms with Gasteiger partial charge in [-0.3, -0.25) is 0 Å². The van der Waals surface area contributed by atoms with Crippen LogP contribution in [0.4, 0.5) is 14.7 Å². The molecule has 3 aromatic rings. The van der Waals surface area contributed by atoms with Crippen molar-refractivity contribution in [3.8, 4) is 0 Å². The number of hydrogen-bond acceptors (Lipinski definition) is 2. The van der Waals surface area contributed by atoms with Crippen molar-refractivity contribution in [2.24, 2.45) is 0 Å². The van der Waals surface area contributed by atoms with Crippen molar-refractivity contribution in [1.82, 2.24) is 9.97 Å². The Hall–Kier alpha value is -2.43. The first-order chi connectivity index (χ1) is 10.0. The van der Waals surface area contributed by atoms with Crippen molar-refractivity contribution >= 4 is 17.0 Å². The Kier molecular flexibility index (Phi) is 3.33. The predicted octanol–water partition coefficient (Wildman–Crippen LogP) is 4.07. The number of anilines is 1. The summed E-state index contributed by atoms with van der Waals surface area (Å²) in [4.78, 5) is 7.33. The Bertz CT molecular complexity index is 785. The Morgan fingerprint density at radius 1 is 1.10 bits per heavy atom. The van der Waals surface area contributed by atoms with Gasteiger partial charge in [-0.25, -0.2) is 13.8 Å². The van der Waals surface area contributed by atoms with E-state index < -0.39 is 0 Å². The quantitative estimate of drug-likeness (QED) is 0.762. The van der Waals surface area contributed by atoms with Crippen LogP contribution < -0.4 is 5.32 Å². The highest BCUT2D eigenvalue weighted by atomic mass is 19.1. The molecule has 0 bridgehead atoms. The van der Waals surface area contributed by atoms with E-state index in [1.165, 1.54) is 12.1 Å². The molecule has 1 heterocycles. The minimum absolute atomic E-state index is 0.169. The van der Waals surface area contributed by atoms with Crippen LogP contribution in [-0.2, 0) is 6.54 Å². The van der Waals surface area contributed by atoms with Gasteiger partial charge in [-0.1, -0.05) is 12.1 Å². The van der Waals surface area contributed by atoms with Crippen molar-refractivity contribution < 1.29 is 8.78 Å². The second-order valence-electron chi connectivity index (χ2n) is 5.14. The molecule has 0 aliphatic rings. The van der Waals surface area contributed by atoms with Crippen LogP contribution in [0.15, 0.2) is 30.3 Å². The molecule has 5 heteroatoms. The molecule has 1 aromatic heterocycles. The predicted molar refractivity (Wildman–Crippen MR) is 79.3 cm³/mol. The molecule has 0 atom stereocenters. The van der Waals surface area contributed by atoms with Crippen molar-refractivity contribution in [2.75, 3.05) is 5.32 Å². The highest BCUT2D eigenvalue weighted by Crippen LogP contribution is 2.18. The fraction of sp³-hybridized carbons (Fsp3) is 0.188. The van der Waals surface area contributed by atoms with E-state index in [1.54, 1.807) is 32.0 Å². The van der Waals surface area contributed by atoms with Crippen LogP contribution in [0.5, 0.6) is 0 Å². The summed E-state index contributed by atoms with van der Waals surface area (Å²) in [7, 11) is 0. The zero-order valence-corrected chi connectivity index (χ0v) is 11.8. The van der Waals surface area contributed by atoms with E-state index in [-0.39, 0.29) is 11.6 Å². The van der Waals surface area contributed by atoms with Gasteiger partial charge in [0.25, 0.3) is 0 Å². The molecule has 0 radical (unpaired) electrons. The molecule has 0 unspecified atom stereocenters. The first-order valence-electron chi connectivity index (χ1n) is 6.68. The summed E-state index contributed by atoms with van der Waals surface area (Å²) in [6, 6.07) is 8.01. The van der Waals surface area contributed by atoms with E-state index in [9.17, 15) is 8.78 Å². The largest absolute Gasteiger partial charge is 0.352 e. The first kappa shape index (κ1) is 13.5. The Labute approximate surface area is 121 Å². The van der Waals surface area contributed by atoms with Crippen molar-refractivity contribution in [3.05, 3.63) is 58.7 Å². The Morgan fingerprint density at radius 3 is 2.52 bits per heavy atom. The summed E-state index contributed by atoms with van der Waals surface area (Å²) in [6.07, 6.45) is 0. The second kappa shape index (κ2) is 5.16. The molecule has 3 nitrogen and oxygen atoms in total. The standard InChI is InChI=1S/C16H15F2N3/c1-9-5-11(6-10(2)15(9)18)8-19-16-20-13-4-3-12(17)7-14(13)21-16/h3-7H,8H2,1-2H3,(H2,19,20,21). The van der Waals surface area contributed by atoms with Gasteiger partial charge >= 0.3 is 0 Å². The number of rotatable bonds is 3. The Balaban J connectivity index is 1.80. The summed E-state index contributed by atoms with van der Waals surface area (Å²) >= 11 is 0. The lowest BCUT2D eigenvalue weighted by atomic mass is 10.1. The number of H-pyrrole nitrogens is 1. The van der Waals surface area contributed by atoms with E-state index in [4.69, 9.17) is 0 Å². The molecule has 0 fully saturated rings. The number of hydrogen-bond donors (Lipinski definition) is 2. The molecule has 21 heavy (non-hydrogen) atoms. The van der Waals surface area contributed by atoms with Crippen molar-refractivity contribution in [1.29, 1.82) is 0 Å². The van der Waals surface area contributed by atoms with E-state index >= 15 is 0 Å². The van der Waals surface area contributed by atoms with Gasteiger partial charge < -0.3 is 10.3 Å². The summed E-state index contributed by atoms with van der Waals surface area (Å²) in [6.45, 7) is 4.01. The average molecular weight is 287 g/mol. The molecule has 3 rings (SSSR count). The normalized spacial score (nSPS) is 11.0. The van der Waals surface area contributed by atoms with Crippen molar-refractivity contribution in [2.45, 2.75) is 20.4 Å². The number of halogens is 2. The van der Waals surface area contributed by atoms with Crippen LogP contribution in [0, 0.1) is 25.5 Å². The third-order valence-electron chi connectivity index (χ3n) is 3.40. The van der Waals surface area contributed by atoms with Gasteiger partial charge in [0.05, 0.1) is 11.0 Å². The van der Waals surface area contributed by atoms with Crippen LogP contribution in [-0.4, -0.2) is 9.97 Å². The molecular weight excluding hydrogens is 272 g/mol. The number of fused-ring (bicyclic) bond motifs is 1. The van der Waals surface area contributed by atoms with Gasteiger partial charge in [0.2, 0.25) is 5.95 Å². The number of nitrogens with zero attached hydrogens (tertiary/aromatic N) is 1. The van der Waals surface area contributed by atoms with Gasteiger partial charge in [-0.15, -0.1) is 0 Å². The van der Waals surface area contributed by atoms with Crippen LogP contribution in [0.1, 0.15) is 16.7 Å². The van der Waals surface area contributed by atoms with E-state index in [0.717, 1.165) is 5.56 Å². The lowest BCUT2D eigenvalue weighted by Crippen LogP contribution is -2.02. The number of aryl methyl sites for hydroxylation is 2. The molecule has 2 aromatic carbocycles. The summed E-state index contributed by atoms with van der Waals surface area (Å²) < 4.78 is 26.7. The molecule has 0 amide bonds. The molecule has 0 aliphatic carbocycles. The molecule has 0 saturated heterocycles. The lowest BCUT2D eigenvalue weighted by Gasteiger charge is -2.07. The smallest absolute Gasteiger partial charge is 0.201 e. The lowest BCUT2D eigenvalue weighted by molar-refractivity contribution is 0.608. The van der Waals surface area contributed by atoms with Crippen molar-refractivity contribution in [3.63, 3.8) is 0 Å². The summed E-state index contributed by atoms with van der Waals surface area (Å²) in [5, 5.41) is 3.13. The highest BCUT2D eigenvalue weighted by molar-refractivity contribution is 5.77. The summed E-state index contributed by atoms with van der Waals surface area (Å²) in [5.74, 6) is 0.0932. The number of nitrogens with one attached hydrogen (secondary N) is 2. The van der Waals surface area contributed by atoms with Gasteiger partial charge in [-0.05, 0) is 48.7 Å². The number of aromatic amines is 1. The third-order valence-corrected chi connectivity index (χ3v) is 3.40. The topological polar surface area (TPSA) is 40.7 Å². The van der Waals surface area contributed by atoms with Gasteiger partial charge in [0.1, 0.15) is 11.6 Å². The second-order valence-corrected chi connectivity index (χ2v) is 5.14. The monoisotopic (exact) mass is 287 g/mol. The van der Waals surface area contributed by atoms with Gasteiger partial charge in [0.15, 0.2) is 0 Å². The average Bonchev–Trinajstić information content (AvgIpc) is 2.84. The van der Waals surface area contributed by atoms with Crippen LogP contribution in [0.25, 0.3) is 11.0 Å². The summed E-state index contributed by atoms with van der Waals surface area (Å²) in [5.41, 5.74) is 3.56. The fourth-order valence-corrected chi connectivity index (χ4v) is 2.39. The van der Waals surface area contributed by atoms with Gasteiger partial charge in [-0.2, -0.15) is 0 Å². The molecular formula is C16H15F2N3. The molecule has 2 N–H and O–H groups in total. The van der Waals surface area contributed by atoms with Crippen LogP contribution in [0.2, 0.25) is 0 Å². The minimum Gasteiger partial charge on any atom is -0.352 e. The molecule has 108 valence electrons. The number of benzene rings is 2. The fourth-order valence-electron chi connectivity index (χ4n) is 2.39. The maximum Gasteiger partial charge on any atom is 0.201 e. The van der Waals surface area contributed by atoms with E-state index in [2.05, 4.69) is 15.3 Å². The Morgan fingerprint density at radius 2 is 1.81 bits per heavy atom. The van der Waals surface area contributed by atoms with E-state index in [0.29, 0.717) is 34.7 Å². The number of imidazole rings is 1. The highest BCUT2D eigenvalue weighted by Gasteiger charge is 2.06. The molecule has 0 aliphatic heterocycles. The van der Waals surface area contributed by atoms with Crippen LogP contribution in [0.3, 0.4) is 0 Å². The minimum atomic E-state index is -0.303. The SMILES string of the molecule is Cc1cc(CNc2nc3ccc(F)cc3[nH]2)cc(C)c1F. The van der Waals surface area contributed by atoms with Crippen LogP contribution >= 0.6 is 0 Å². The number of aromatic nitrogens is 2. The zero-order chi connectivity index (χ0) is 15.0. The first-order valence-corrected chi connectivity index (χ1v) is 6.68.